The van der Waals surface area contributed by atoms with Crippen LogP contribution in [-0.4, -0.2) is 31.4 Å². The molecule has 1 unspecified atom stereocenters. The second-order valence-electron chi connectivity index (χ2n) is 6.92. The predicted octanol–water partition coefficient (Wildman–Crippen LogP) is 3.56. The Morgan fingerprint density at radius 3 is 2.39 bits per heavy atom. The molecule has 0 saturated heterocycles. The summed E-state index contributed by atoms with van der Waals surface area (Å²) < 4.78 is 0. The molecule has 0 fully saturated rings. The second-order valence-corrected chi connectivity index (χ2v) is 6.92. The van der Waals surface area contributed by atoms with Gasteiger partial charge in [0, 0.05) is 0 Å². The lowest BCUT2D eigenvalue weighted by molar-refractivity contribution is -0.125. The Hall–Kier alpha value is -1.87. The summed E-state index contributed by atoms with van der Waals surface area (Å²) in [5.41, 5.74) is 6.40. The van der Waals surface area contributed by atoms with Gasteiger partial charge in [0.15, 0.2) is 0 Å². The smallest absolute Gasteiger partial charge is 0.228 e. The first-order chi connectivity index (χ1) is 10.9. The van der Waals surface area contributed by atoms with Gasteiger partial charge >= 0.3 is 0 Å². The SMILES string of the molecule is CC(C)C(CCCN(C)C)(C(N)=O)c1cccc2ccccc12. The van der Waals surface area contributed by atoms with Crippen LogP contribution in [0.5, 0.6) is 0 Å². The number of benzene rings is 2. The first-order valence-electron chi connectivity index (χ1n) is 8.32. The van der Waals surface area contributed by atoms with Gasteiger partial charge in [0.1, 0.15) is 0 Å². The molecule has 0 heterocycles. The van der Waals surface area contributed by atoms with Crippen molar-refractivity contribution in [1.82, 2.24) is 4.90 Å². The Kier molecular flexibility index (Phi) is 5.42. The molecule has 2 rings (SSSR count). The van der Waals surface area contributed by atoms with Crippen LogP contribution >= 0.6 is 0 Å². The van der Waals surface area contributed by atoms with Gasteiger partial charge in [-0.2, -0.15) is 0 Å². The second kappa shape index (κ2) is 7.14. The monoisotopic (exact) mass is 312 g/mol. The molecule has 0 radical (unpaired) electrons. The van der Waals surface area contributed by atoms with E-state index in [1.165, 1.54) is 0 Å². The van der Waals surface area contributed by atoms with Crippen LogP contribution in [0.15, 0.2) is 42.5 Å². The molecular weight excluding hydrogens is 284 g/mol. The van der Waals surface area contributed by atoms with Gasteiger partial charge < -0.3 is 10.6 Å². The normalized spacial score (nSPS) is 14.3. The topological polar surface area (TPSA) is 46.3 Å². The van der Waals surface area contributed by atoms with E-state index in [-0.39, 0.29) is 11.8 Å². The molecule has 2 aromatic rings. The molecule has 124 valence electrons. The van der Waals surface area contributed by atoms with E-state index in [1.807, 2.05) is 18.2 Å². The fourth-order valence-electron chi connectivity index (χ4n) is 3.56. The van der Waals surface area contributed by atoms with Crippen LogP contribution in [-0.2, 0) is 10.2 Å². The van der Waals surface area contributed by atoms with E-state index in [0.717, 1.165) is 35.7 Å². The number of hydrogen-bond donors (Lipinski definition) is 1. The third-order valence-corrected chi connectivity index (χ3v) is 4.87. The van der Waals surface area contributed by atoms with Crippen molar-refractivity contribution < 1.29 is 4.79 Å². The summed E-state index contributed by atoms with van der Waals surface area (Å²) in [4.78, 5) is 14.7. The predicted molar refractivity (Wildman–Crippen MR) is 97.4 cm³/mol. The molecule has 0 saturated carbocycles. The number of carbonyl (C=O) groups excluding carboxylic acids is 1. The molecule has 23 heavy (non-hydrogen) atoms. The van der Waals surface area contributed by atoms with Crippen molar-refractivity contribution in [2.75, 3.05) is 20.6 Å². The van der Waals surface area contributed by atoms with Crippen LogP contribution in [0.2, 0.25) is 0 Å². The summed E-state index contributed by atoms with van der Waals surface area (Å²) in [6.45, 7) is 5.15. The molecule has 0 spiro atoms. The summed E-state index contributed by atoms with van der Waals surface area (Å²) in [5, 5.41) is 2.29. The van der Waals surface area contributed by atoms with Crippen LogP contribution in [0, 0.1) is 5.92 Å². The molecule has 0 aromatic heterocycles. The number of nitrogens with two attached hydrogens (primary N) is 1. The highest BCUT2D eigenvalue weighted by atomic mass is 16.1. The molecule has 3 nitrogen and oxygen atoms in total. The maximum absolute atomic E-state index is 12.6. The highest BCUT2D eigenvalue weighted by Gasteiger charge is 2.42. The minimum absolute atomic E-state index is 0.146. The summed E-state index contributed by atoms with van der Waals surface area (Å²) >= 11 is 0. The Morgan fingerprint density at radius 2 is 1.78 bits per heavy atom. The summed E-state index contributed by atoms with van der Waals surface area (Å²) in [7, 11) is 4.11. The Morgan fingerprint density at radius 1 is 1.13 bits per heavy atom. The number of rotatable bonds is 7. The van der Waals surface area contributed by atoms with E-state index in [9.17, 15) is 4.79 Å². The molecule has 0 aliphatic heterocycles. The lowest BCUT2D eigenvalue weighted by Crippen LogP contribution is -2.46. The van der Waals surface area contributed by atoms with Gasteiger partial charge in [-0.25, -0.2) is 0 Å². The van der Waals surface area contributed by atoms with Gasteiger partial charge in [0.25, 0.3) is 0 Å². The van der Waals surface area contributed by atoms with Crippen molar-refractivity contribution in [3.05, 3.63) is 48.0 Å². The van der Waals surface area contributed by atoms with Crippen molar-refractivity contribution in [3.63, 3.8) is 0 Å². The number of hydrogen-bond acceptors (Lipinski definition) is 2. The average Bonchev–Trinajstić information content (AvgIpc) is 2.50. The highest BCUT2D eigenvalue weighted by molar-refractivity contribution is 5.95. The summed E-state index contributed by atoms with van der Waals surface area (Å²) in [5.74, 6) is -0.0735. The summed E-state index contributed by atoms with van der Waals surface area (Å²) in [6, 6.07) is 14.4. The first kappa shape index (κ1) is 17.5. The van der Waals surface area contributed by atoms with E-state index >= 15 is 0 Å². The number of carbonyl (C=O) groups is 1. The zero-order valence-electron chi connectivity index (χ0n) is 14.7. The fourth-order valence-corrected chi connectivity index (χ4v) is 3.56. The molecular formula is C20H28N2O. The lowest BCUT2D eigenvalue weighted by Gasteiger charge is -2.36. The minimum Gasteiger partial charge on any atom is -0.369 e. The minimum atomic E-state index is -0.628. The molecule has 1 amide bonds. The van der Waals surface area contributed by atoms with Gasteiger partial charge in [-0.1, -0.05) is 56.3 Å². The van der Waals surface area contributed by atoms with Crippen molar-refractivity contribution in [2.45, 2.75) is 32.1 Å². The van der Waals surface area contributed by atoms with E-state index in [2.05, 4.69) is 57.1 Å². The maximum Gasteiger partial charge on any atom is 0.228 e. The van der Waals surface area contributed by atoms with Crippen LogP contribution < -0.4 is 5.73 Å². The van der Waals surface area contributed by atoms with Crippen LogP contribution in [0.1, 0.15) is 32.3 Å². The zero-order valence-corrected chi connectivity index (χ0v) is 14.7. The van der Waals surface area contributed by atoms with Crippen molar-refractivity contribution >= 4 is 16.7 Å². The fraction of sp³-hybridized carbons (Fsp3) is 0.450. The van der Waals surface area contributed by atoms with E-state index in [4.69, 9.17) is 5.73 Å². The van der Waals surface area contributed by atoms with Gasteiger partial charge in [-0.15, -0.1) is 0 Å². The molecule has 3 heteroatoms. The largest absolute Gasteiger partial charge is 0.369 e. The van der Waals surface area contributed by atoms with Crippen LogP contribution in [0.4, 0.5) is 0 Å². The van der Waals surface area contributed by atoms with Crippen molar-refractivity contribution in [3.8, 4) is 0 Å². The Balaban J connectivity index is 2.57. The van der Waals surface area contributed by atoms with Gasteiger partial charge in [0.2, 0.25) is 5.91 Å². The van der Waals surface area contributed by atoms with E-state index in [1.54, 1.807) is 0 Å². The molecule has 0 bridgehead atoms. The number of fused-ring (bicyclic) bond motifs is 1. The number of nitrogens with zero attached hydrogens (tertiary/aromatic N) is 1. The number of amides is 1. The van der Waals surface area contributed by atoms with Gasteiger partial charge in [-0.3, -0.25) is 4.79 Å². The Labute approximate surface area is 139 Å². The molecule has 0 aliphatic carbocycles. The highest BCUT2D eigenvalue weighted by Crippen LogP contribution is 2.40. The van der Waals surface area contributed by atoms with Gasteiger partial charge in [-0.05, 0) is 55.7 Å². The molecule has 2 aromatic carbocycles. The Bertz CT molecular complexity index is 673. The van der Waals surface area contributed by atoms with E-state index < -0.39 is 5.41 Å². The van der Waals surface area contributed by atoms with Gasteiger partial charge in [0.05, 0.1) is 5.41 Å². The third-order valence-electron chi connectivity index (χ3n) is 4.87. The summed E-state index contributed by atoms with van der Waals surface area (Å²) in [6.07, 6.45) is 1.71. The molecule has 2 N–H and O–H groups in total. The van der Waals surface area contributed by atoms with Crippen LogP contribution in [0.25, 0.3) is 10.8 Å². The number of primary amides is 1. The first-order valence-corrected chi connectivity index (χ1v) is 8.32. The quantitative estimate of drug-likeness (QED) is 0.849. The lowest BCUT2D eigenvalue weighted by atomic mass is 9.67. The van der Waals surface area contributed by atoms with Crippen molar-refractivity contribution in [2.24, 2.45) is 11.7 Å². The standard InChI is InChI=1S/C20H28N2O/c1-15(2)20(19(21)23,13-8-14-22(3)4)18-12-7-10-16-9-5-6-11-17(16)18/h5-7,9-12,15H,8,13-14H2,1-4H3,(H2,21,23). The average molecular weight is 312 g/mol. The third kappa shape index (κ3) is 3.40. The van der Waals surface area contributed by atoms with Crippen LogP contribution in [0.3, 0.4) is 0 Å². The molecule has 0 aliphatic rings. The maximum atomic E-state index is 12.6. The zero-order chi connectivity index (χ0) is 17.0. The van der Waals surface area contributed by atoms with E-state index in [0.29, 0.717) is 0 Å². The van der Waals surface area contributed by atoms with Crippen molar-refractivity contribution in [1.29, 1.82) is 0 Å². The molecule has 1 atom stereocenters.